The number of hydrogen-bond donors (Lipinski definition) is 0. The Balaban J connectivity index is 2.34. The maximum absolute atomic E-state index is 13.1. The van der Waals surface area contributed by atoms with Crippen LogP contribution in [-0.4, -0.2) is 9.91 Å². The zero-order chi connectivity index (χ0) is 15.6. The summed E-state index contributed by atoms with van der Waals surface area (Å²) in [5.74, 6) is -2.33. The number of aromatic nitrogens is 1. The predicted molar refractivity (Wildman–Crippen MR) is 62.4 cm³/mol. The molecule has 1 aromatic heterocycles. The zero-order valence-electron chi connectivity index (χ0n) is 10.1. The highest BCUT2D eigenvalue weighted by Gasteiger charge is 2.34. The van der Waals surface area contributed by atoms with Gasteiger partial charge in [0.15, 0.2) is 11.9 Å². The summed E-state index contributed by atoms with van der Waals surface area (Å²) < 4.78 is 56.2. The average molecular weight is 302 g/mol. The van der Waals surface area contributed by atoms with Gasteiger partial charge in [-0.2, -0.15) is 13.2 Å². The molecule has 0 fully saturated rings. The molecule has 9 heteroatoms. The van der Waals surface area contributed by atoms with Crippen molar-refractivity contribution in [3.05, 3.63) is 58.0 Å². The van der Waals surface area contributed by atoms with Crippen LogP contribution in [0.15, 0.2) is 36.5 Å². The SMILES string of the molecule is O=[N+]([O-])c1ccc(Oc2cc(F)ccc2C(F)(F)F)cn1. The van der Waals surface area contributed by atoms with E-state index in [0.29, 0.717) is 18.2 Å². The summed E-state index contributed by atoms with van der Waals surface area (Å²) in [5.41, 5.74) is -1.16. The highest BCUT2D eigenvalue weighted by molar-refractivity contribution is 5.40. The molecule has 0 amide bonds. The van der Waals surface area contributed by atoms with E-state index in [9.17, 15) is 27.7 Å². The predicted octanol–water partition coefficient (Wildman–Crippen LogP) is 3.94. The van der Waals surface area contributed by atoms with E-state index >= 15 is 0 Å². The standard InChI is InChI=1S/C12H6F4N2O3/c13-7-1-3-9(12(14,15)16)10(5-7)21-8-2-4-11(17-6-8)18(19)20/h1-6H. The van der Waals surface area contributed by atoms with Crippen LogP contribution in [0, 0.1) is 15.9 Å². The van der Waals surface area contributed by atoms with Gasteiger partial charge in [-0.25, -0.2) is 4.39 Å². The summed E-state index contributed by atoms with van der Waals surface area (Å²) >= 11 is 0. The monoisotopic (exact) mass is 302 g/mol. The van der Waals surface area contributed by atoms with Gasteiger partial charge in [0.1, 0.15) is 11.6 Å². The Morgan fingerprint density at radius 3 is 2.43 bits per heavy atom. The molecule has 0 aliphatic rings. The lowest BCUT2D eigenvalue weighted by Gasteiger charge is -2.12. The molecular formula is C12H6F4N2O3. The Morgan fingerprint density at radius 1 is 1.19 bits per heavy atom. The first-order chi connectivity index (χ1) is 9.77. The van der Waals surface area contributed by atoms with Crippen molar-refractivity contribution < 1.29 is 27.2 Å². The van der Waals surface area contributed by atoms with E-state index in [-0.39, 0.29) is 5.75 Å². The molecule has 0 unspecified atom stereocenters. The van der Waals surface area contributed by atoms with Crippen LogP contribution in [0.3, 0.4) is 0 Å². The second kappa shape index (κ2) is 5.35. The number of ether oxygens (including phenoxy) is 1. The van der Waals surface area contributed by atoms with Crippen LogP contribution in [0.5, 0.6) is 11.5 Å². The topological polar surface area (TPSA) is 65.3 Å². The number of nitro groups is 1. The molecule has 0 atom stereocenters. The normalized spacial score (nSPS) is 11.2. The Morgan fingerprint density at radius 2 is 1.90 bits per heavy atom. The van der Waals surface area contributed by atoms with E-state index in [4.69, 9.17) is 4.74 Å². The van der Waals surface area contributed by atoms with Crippen LogP contribution in [0.1, 0.15) is 5.56 Å². The number of nitrogens with zero attached hydrogens (tertiary/aromatic N) is 2. The molecule has 0 spiro atoms. The minimum absolute atomic E-state index is 0.184. The second-order valence-corrected chi connectivity index (χ2v) is 3.85. The molecule has 0 aliphatic heterocycles. The van der Waals surface area contributed by atoms with Crippen LogP contribution in [0.2, 0.25) is 0 Å². The van der Waals surface area contributed by atoms with E-state index in [0.717, 1.165) is 18.3 Å². The number of benzene rings is 1. The van der Waals surface area contributed by atoms with Crippen molar-refractivity contribution in [1.82, 2.24) is 4.98 Å². The van der Waals surface area contributed by atoms with E-state index in [1.54, 1.807) is 0 Å². The Hall–Kier alpha value is -2.71. The molecule has 0 radical (unpaired) electrons. The van der Waals surface area contributed by atoms with Gasteiger partial charge in [-0.15, -0.1) is 0 Å². The van der Waals surface area contributed by atoms with Gasteiger partial charge in [-0.3, -0.25) is 0 Å². The van der Waals surface area contributed by atoms with Gasteiger partial charge in [-0.1, -0.05) is 0 Å². The first-order valence-electron chi connectivity index (χ1n) is 5.42. The third-order valence-electron chi connectivity index (χ3n) is 2.38. The van der Waals surface area contributed by atoms with Crippen molar-refractivity contribution >= 4 is 5.82 Å². The third kappa shape index (κ3) is 3.44. The van der Waals surface area contributed by atoms with Gasteiger partial charge in [-0.05, 0) is 28.1 Å². The maximum atomic E-state index is 13.1. The quantitative estimate of drug-likeness (QED) is 0.489. The molecule has 1 heterocycles. The van der Waals surface area contributed by atoms with E-state index in [2.05, 4.69) is 4.98 Å². The van der Waals surface area contributed by atoms with Gasteiger partial charge >= 0.3 is 12.0 Å². The number of rotatable bonds is 3. The van der Waals surface area contributed by atoms with Crippen LogP contribution < -0.4 is 4.74 Å². The lowest BCUT2D eigenvalue weighted by atomic mass is 10.2. The molecule has 0 N–H and O–H groups in total. The van der Waals surface area contributed by atoms with Crippen LogP contribution in [0.25, 0.3) is 0 Å². The number of alkyl halides is 3. The van der Waals surface area contributed by atoms with Crippen LogP contribution >= 0.6 is 0 Å². The molecule has 0 saturated heterocycles. The largest absolute Gasteiger partial charge is 0.453 e. The smallest absolute Gasteiger partial charge is 0.419 e. The average Bonchev–Trinajstić information content (AvgIpc) is 2.38. The molecule has 2 aromatic rings. The summed E-state index contributed by atoms with van der Waals surface area (Å²) in [5, 5.41) is 10.4. The van der Waals surface area contributed by atoms with Gasteiger partial charge in [0.05, 0.1) is 5.56 Å². The van der Waals surface area contributed by atoms with Crippen LogP contribution in [0.4, 0.5) is 23.4 Å². The first kappa shape index (κ1) is 14.7. The van der Waals surface area contributed by atoms with E-state index in [1.165, 1.54) is 0 Å². The van der Waals surface area contributed by atoms with Crippen molar-refractivity contribution in [3.63, 3.8) is 0 Å². The second-order valence-electron chi connectivity index (χ2n) is 3.85. The van der Waals surface area contributed by atoms with Gasteiger partial charge in [0, 0.05) is 12.1 Å². The summed E-state index contributed by atoms with van der Waals surface area (Å²) in [4.78, 5) is 13.0. The van der Waals surface area contributed by atoms with Gasteiger partial charge < -0.3 is 14.9 Å². The fourth-order valence-electron chi connectivity index (χ4n) is 1.48. The van der Waals surface area contributed by atoms with E-state index < -0.39 is 34.0 Å². The fraction of sp³-hybridized carbons (Fsp3) is 0.0833. The fourth-order valence-corrected chi connectivity index (χ4v) is 1.48. The third-order valence-corrected chi connectivity index (χ3v) is 2.38. The molecule has 21 heavy (non-hydrogen) atoms. The Labute approximate surface area is 115 Å². The van der Waals surface area contributed by atoms with Crippen LogP contribution in [-0.2, 0) is 6.18 Å². The molecule has 1 aromatic carbocycles. The number of pyridine rings is 1. The van der Waals surface area contributed by atoms with Gasteiger partial charge in [0.2, 0.25) is 0 Å². The highest BCUT2D eigenvalue weighted by atomic mass is 19.4. The molecule has 110 valence electrons. The summed E-state index contributed by atoms with van der Waals surface area (Å²) in [6, 6.07) is 3.80. The van der Waals surface area contributed by atoms with Crippen molar-refractivity contribution in [3.8, 4) is 11.5 Å². The minimum Gasteiger partial charge on any atom is -0.453 e. The minimum atomic E-state index is -4.72. The summed E-state index contributed by atoms with van der Waals surface area (Å²) in [6.45, 7) is 0. The first-order valence-corrected chi connectivity index (χ1v) is 5.42. The molecule has 0 aliphatic carbocycles. The lowest BCUT2D eigenvalue weighted by molar-refractivity contribution is -0.389. The van der Waals surface area contributed by atoms with Crippen molar-refractivity contribution in [2.75, 3.05) is 0 Å². The highest BCUT2D eigenvalue weighted by Crippen LogP contribution is 2.38. The maximum Gasteiger partial charge on any atom is 0.419 e. The van der Waals surface area contributed by atoms with Gasteiger partial charge in [0.25, 0.3) is 0 Å². The van der Waals surface area contributed by atoms with Crippen molar-refractivity contribution in [1.29, 1.82) is 0 Å². The number of hydrogen-bond acceptors (Lipinski definition) is 4. The molecule has 0 saturated carbocycles. The molecule has 0 bridgehead atoms. The zero-order valence-corrected chi connectivity index (χ0v) is 10.1. The van der Waals surface area contributed by atoms with Crippen molar-refractivity contribution in [2.24, 2.45) is 0 Å². The van der Waals surface area contributed by atoms with Crippen molar-refractivity contribution in [2.45, 2.75) is 6.18 Å². The molecular weight excluding hydrogens is 296 g/mol. The molecule has 2 rings (SSSR count). The molecule has 5 nitrogen and oxygen atoms in total. The Bertz CT molecular complexity index is 671. The number of halogens is 4. The lowest BCUT2D eigenvalue weighted by Crippen LogP contribution is -2.07. The summed E-state index contributed by atoms with van der Waals surface area (Å²) in [7, 11) is 0. The summed E-state index contributed by atoms with van der Waals surface area (Å²) in [6.07, 6.45) is -3.85. The Kier molecular flexibility index (Phi) is 3.74. The van der Waals surface area contributed by atoms with E-state index in [1.807, 2.05) is 0 Å².